The van der Waals surface area contributed by atoms with Crippen LogP contribution in [0.2, 0.25) is 0 Å². The molecule has 162 valence electrons. The van der Waals surface area contributed by atoms with Crippen molar-refractivity contribution in [1.29, 1.82) is 0 Å². The molecule has 0 atom stereocenters. The van der Waals surface area contributed by atoms with Crippen molar-refractivity contribution in [2.45, 2.75) is 13.3 Å². The summed E-state index contributed by atoms with van der Waals surface area (Å²) >= 11 is 0. The Morgan fingerprint density at radius 3 is 2.06 bits per heavy atom. The first-order valence-corrected chi connectivity index (χ1v) is 9.90. The van der Waals surface area contributed by atoms with Gasteiger partial charge in [0.25, 0.3) is 5.89 Å². The summed E-state index contributed by atoms with van der Waals surface area (Å²) in [6.07, 6.45) is 0.459. The van der Waals surface area contributed by atoms with E-state index in [9.17, 15) is 9.59 Å². The van der Waals surface area contributed by atoms with Gasteiger partial charge in [-0.15, -0.1) is 0 Å². The van der Waals surface area contributed by atoms with E-state index in [0.717, 1.165) is 18.2 Å². The monoisotopic (exact) mass is 562 g/mol. The Labute approximate surface area is 250 Å². The summed E-state index contributed by atoms with van der Waals surface area (Å²) in [5.74, 6) is 0.864. The topological polar surface area (TPSA) is 105 Å². The molecule has 0 unspecified atom stereocenters. The number of ketones is 1. The van der Waals surface area contributed by atoms with Crippen LogP contribution < -0.4 is 78.7 Å². The summed E-state index contributed by atoms with van der Waals surface area (Å²) in [6.45, 7) is 1.83. The molecule has 1 heterocycles. The van der Waals surface area contributed by atoms with Crippen LogP contribution in [0, 0.1) is 0 Å². The second-order valence-corrected chi connectivity index (χ2v) is 6.56. The molecule has 33 heavy (non-hydrogen) atoms. The SMILES string of the molecule is CCC(=O)c1ccc(-c2nc(-c3ccc(OC(=O)c4ccccc4)cc3)no2)cc1.C[O-].[Cs+]. The van der Waals surface area contributed by atoms with Crippen LogP contribution in [-0.4, -0.2) is 29.0 Å². The Morgan fingerprint density at radius 1 is 0.848 bits per heavy atom. The zero-order chi connectivity index (χ0) is 22.9. The van der Waals surface area contributed by atoms with E-state index in [1.165, 1.54) is 0 Å². The predicted octanol–water partition coefficient (Wildman–Crippen LogP) is 1.20. The van der Waals surface area contributed by atoms with Gasteiger partial charge in [0.2, 0.25) is 5.82 Å². The number of nitrogens with zero attached hydrogens (tertiary/aromatic N) is 2. The number of esters is 1. The van der Waals surface area contributed by atoms with Gasteiger partial charge in [-0.2, -0.15) is 12.1 Å². The average Bonchev–Trinajstić information content (AvgIpc) is 3.36. The van der Waals surface area contributed by atoms with Crippen molar-refractivity contribution in [3.05, 3.63) is 90.0 Å². The molecular formula is C25H21CsN2O5. The summed E-state index contributed by atoms with van der Waals surface area (Å²) in [5.41, 5.74) is 2.59. The molecule has 0 aliphatic carbocycles. The second kappa shape index (κ2) is 13.6. The first kappa shape index (κ1) is 27.2. The van der Waals surface area contributed by atoms with Crippen molar-refractivity contribution < 1.29 is 92.8 Å². The fourth-order valence-electron chi connectivity index (χ4n) is 2.87. The molecule has 4 aromatic rings. The number of rotatable bonds is 6. The number of carbonyl (C=O) groups is 2. The molecule has 0 aliphatic rings. The number of hydrogen-bond donors (Lipinski definition) is 0. The maximum absolute atomic E-state index is 12.1. The standard InChI is InChI=1S/C24H18N2O4.CH3O.Cs/c1-2-21(27)16-8-10-18(11-9-16)23-25-22(26-30-23)17-12-14-20(15-13-17)29-24(28)19-6-4-3-5-7-19;1-2;/h3-15H,2H2,1H3;1H3;/q;-1;+1. The van der Waals surface area contributed by atoms with Gasteiger partial charge in [-0.1, -0.05) is 42.4 Å². The Bertz CT molecular complexity index is 1170. The van der Waals surface area contributed by atoms with E-state index < -0.39 is 5.97 Å². The van der Waals surface area contributed by atoms with Crippen LogP contribution in [0.3, 0.4) is 0 Å². The van der Waals surface area contributed by atoms with E-state index in [4.69, 9.17) is 14.4 Å². The molecule has 0 bridgehead atoms. The quantitative estimate of drug-likeness (QED) is 0.198. The van der Waals surface area contributed by atoms with Crippen molar-refractivity contribution in [3.8, 4) is 28.6 Å². The third-order valence-electron chi connectivity index (χ3n) is 4.53. The number of Topliss-reactive ketones (excluding diaryl/α,β-unsaturated/α-hetero) is 1. The van der Waals surface area contributed by atoms with Crippen molar-refractivity contribution in [2.75, 3.05) is 7.11 Å². The van der Waals surface area contributed by atoms with Crippen LogP contribution in [0.1, 0.15) is 34.1 Å². The minimum absolute atomic E-state index is 0. The van der Waals surface area contributed by atoms with Crippen LogP contribution in [0.15, 0.2) is 83.4 Å². The molecular weight excluding hydrogens is 541 g/mol. The third kappa shape index (κ3) is 7.21. The van der Waals surface area contributed by atoms with Crippen LogP contribution in [-0.2, 0) is 0 Å². The van der Waals surface area contributed by atoms with E-state index in [2.05, 4.69) is 10.1 Å². The van der Waals surface area contributed by atoms with Crippen molar-refractivity contribution >= 4 is 11.8 Å². The van der Waals surface area contributed by atoms with E-state index in [1.54, 1.807) is 72.8 Å². The minimum atomic E-state index is -0.421. The van der Waals surface area contributed by atoms with Crippen molar-refractivity contribution in [1.82, 2.24) is 10.1 Å². The normalized spacial score (nSPS) is 9.79. The molecule has 7 nitrogen and oxygen atoms in total. The number of hydrogen-bond acceptors (Lipinski definition) is 7. The molecule has 0 fully saturated rings. The Balaban J connectivity index is 0.00000125. The predicted molar refractivity (Wildman–Crippen MR) is 117 cm³/mol. The smallest absolute Gasteiger partial charge is 0.857 e. The third-order valence-corrected chi connectivity index (χ3v) is 4.53. The number of carbonyl (C=O) groups excluding carboxylic acids is 2. The van der Waals surface area contributed by atoms with Gasteiger partial charge in [0.1, 0.15) is 5.75 Å². The van der Waals surface area contributed by atoms with Gasteiger partial charge in [0.15, 0.2) is 5.78 Å². The average molecular weight is 562 g/mol. The molecule has 0 amide bonds. The Morgan fingerprint density at radius 2 is 1.45 bits per heavy atom. The maximum Gasteiger partial charge on any atom is 1.00 e. The molecule has 0 saturated carbocycles. The summed E-state index contributed by atoms with van der Waals surface area (Å²) in [4.78, 5) is 28.3. The van der Waals surface area contributed by atoms with E-state index in [0.29, 0.717) is 35.0 Å². The van der Waals surface area contributed by atoms with Gasteiger partial charge in [-0.25, -0.2) is 4.79 Å². The van der Waals surface area contributed by atoms with Gasteiger partial charge in [-0.3, -0.25) is 4.79 Å². The molecule has 8 heteroatoms. The fourth-order valence-corrected chi connectivity index (χ4v) is 2.87. The zero-order valence-corrected chi connectivity index (χ0v) is 24.9. The second-order valence-electron chi connectivity index (χ2n) is 6.56. The summed E-state index contributed by atoms with van der Waals surface area (Å²) < 4.78 is 10.7. The van der Waals surface area contributed by atoms with Crippen LogP contribution in [0.4, 0.5) is 0 Å². The van der Waals surface area contributed by atoms with Crippen LogP contribution >= 0.6 is 0 Å². The molecule has 1 aromatic heterocycles. The Hall–Kier alpha value is -2.05. The summed E-state index contributed by atoms with van der Waals surface area (Å²) in [7, 11) is 0.750. The molecule has 0 saturated heterocycles. The molecule has 4 rings (SSSR count). The molecule has 0 aliphatic heterocycles. The van der Waals surface area contributed by atoms with Crippen LogP contribution in [0.5, 0.6) is 5.75 Å². The summed E-state index contributed by atoms with van der Waals surface area (Å²) in [5, 5.41) is 12.3. The first-order chi connectivity index (χ1) is 15.6. The van der Waals surface area contributed by atoms with Gasteiger partial charge < -0.3 is 14.4 Å². The van der Waals surface area contributed by atoms with Crippen molar-refractivity contribution in [3.63, 3.8) is 0 Å². The molecule has 0 N–H and O–H groups in total. The summed E-state index contributed by atoms with van der Waals surface area (Å²) in [6, 6.07) is 22.7. The molecule has 0 radical (unpaired) electrons. The fraction of sp³-hybridized carbons (Fsp3) is 0.120. The first-order valence-electron chi connectivity index (χ1n) is 9.90. The number of aromatic nitrogens is 2. The Kier molecular flexibility index (Phi) is 11.2. The van der Waals surface area contributed by atoms with E-state index in [-0.39, 0.29) is 74.7 Å². The van der Waals surface area contributed by atoms with Crippen LogP contribution in [0.25, 0.3) is 22.8 Å². The minimum Gasteiger partial charge on any atom is -0.857 e. The molecule has 0 spiro atoms. The van der Waals surface area contributed by atoms with Gasteiger partial charge in [0.05, 0.1) is 5.56 Å². The number of benzene rings is 3. The van der Waals surface area contributed by atoms with Crippen molar-refractivity contribution in [2.24, 2.45) is 0 Å². The van der Waals surface area contributed by atoms with E-state index in [1.807, 2.05) is 13.0 Å². The maximum atomic E-state index is 12.1. The van der Waals surface area contributed by atoms with Gasteiger partial charge >= 0.3 is 74.9 Å². The molecule has 3 aromatic carbocycles. The van der Waals surface area contributed by atoms with Gasteiger partial charge in [0, 0.05) is 23.1 Å². The zero-order valence-electron chi connectivity index (χ0n) is 18.6. The number of ether oxygens (including phenoxy) is 1. The van der Waals surface area contributed by atoms with Gasteiger partial charge in [-0.05, 0) is 48.5 Å². The largest absolute Gasteiger partial charge is 1.00 e. The van der Waals surface area contributed by atoms with E-state index >= 15 is 0 Å².